The Hall–Kier alpha value is -2.74. The summed E-state index contributed by atoms with van der Waals surface area (Å²) in [5.74, 6) is -0.550. The van der Waals surface area contributed by atoms with Crippen molar-refractivity contribution < 1.29 is 27.5 Å². The molecule has 0 spiro atoms. The van der Waals surface area contributed by atoms with E-state index in [4.69, 9.17) is 11.6 Å². The summed E-state index contributed by atoms with van der Waals surface area (Å²) in [6, 6.07) is 12.7. The van der Waals surface area contributed by atoms with Crippen molar-refractivity contribution in [2.24, 2.45) is 0 Å². The first-order chi connectivity index (χ1) is 14.6. The molecule has 166 valence electrons. The molecule has 1 heterocycles. The van der Waals surface area contributed by atoms with Gasteiger partial charge in [0.1, 0.15) is 5.75 Å². The molecule has 1 aliphatic heterocycles. The van der Waals surface area contributed by atoms with Gasteiger partial charge in [-0.3, -0.25) is 9.59 Å². The normalized spacial score (nSPS) is 18.5. The van der Waals surface area contributed by atoms with Crippen molar-refractivity contribution in [1.82, 2.24) is 10.6 Å². The van der Waals surface area contributed by atoms with Gasteiger partial charge in [0.2, 0.25) is 11.8 Å². The highest BCUT2D eigenvalue weighted by atomic mass is 35.5. The van der Waals surface area contributed by atoms with Crippen molar-refractivity contribution in [2.75, 3.05) is 0 Å². The van der Waals surface area contributed by atoms with Crippen LogP contribution < -0.4 is 15.4 Å². The first-order valence-corrected chi connectivity index (χ1v) is 10.2. The molecular formula is C22H22ClF3N2O3. The lowest BCUT2D eigenvalue weighted by atomic mass is 9.85. The van der Waals surface area contributed by atoms with Gasteiger partial charge in [0.15, 0.2) is 0 Å². The third kappa shape index (κ3) is 7.17. The molecule has 0 radical (unpaired) electrons. The summed E-state index contributed by atoms with van der Waals surface area (Å²) in [4.78, 5) is 24.2. The average Bonchev–Trinajstić information content (AvgIpc) is 3.07. The summed E-state index contributed by atoms with van der Waals surface area (Å²) in [5.41, 5.74) is 1.18. The van der Waals surface area contributed by atoms with Gasteiger partial charge in [-0.25, -0.2) is 0 Å². The number of carbonyl (C=O) groups is 2. The van der Waals surface area contributed by atoms with Crippen LogP contribution in [0.1, 0.15) is 36.8 Å². The van der Waals surface area contributed by atoms with Crippen molar-refractivity contribution in [3.8, 4) is 5.75 Å². The van der Waals surface area contributed by atoms with E-state index in [9.17, 15) is 22.8 Å². The number of nitrogens with one attached hydrogen (secondary N) is 2. The van der Waals surface area contributed by atoms with E-state index >= 15 is 0 Å². The predicted molar refractivity (Wildman–Crippen MR) is 109 cm³/mol. The molecule has 0 saturated carbocycles. The minimum Gasteiger partial charge on any atom is -0.406 e. The summed E-state index contributed by atoms with van der Waals surface area (Å²) in [7, 11) is 0. The standard InChI is InChI=1S/C22H22ClF3N2O3/c23-17-5-1-15(2-6-17)13-21(12-10-20(30)28-21)11-9-19(29)27-14-16-3-7-18(8-4-16)31-22(24,25)26/h1-8H,9-14H2,(H,27,29)(H,28,30). The smallest absolute Gasteiger partial charge is 0.406 e. The van der Waals surface area contributed by atoms with Crippen molar-refractivity contribution in [2.45, 2.75) is 50.6 Å². The number of alkyl halides is 3. The monoisotopic (exact) mass is 454 g/mol. The van der Waals surface area contributed by atoms with Crippen LogP contribution in [0.3, 0.4) is 0 Å². The average molecular weight is 455 g/mol. The molecule has 2 aromatic carbocycles. The Morgan fingerprint density at radius 1 is 1.10 bits per heavy atom. The molecule has 0 bridgehead atoms. The van der Waals surface area contributed by atoms with E-state index in [1.54, 1.807) is 12.1 Å². The lowest BCUT2D eigenvalue weighted by molar-refractivity contribution is -0.274. The molecule has 1 atom stereocenters. The van der Waals surface area contributed by atoms with Crippen LogP contribution in [0.2, 0.25) is 5.02 Å². The topological polar surface area (TPSA) is 67.4 Å². The molecular weight excluding hydrogens is 433 g/mol. The van der Waals surface area contributed by atoms with Crippen LogP contribution in [-0.4, -0.2) is 23.7 Å². The highest BCUT2D eigenvalue weighted by Crippen LogP contribution is 2.30. The SMILES string of the molecule is O=C(CCC1(Cc2ccc(Cl)cc2)CCC(=O)N1)NCc1ccc(OC(F)(F)F)cc1. The van der Waals surface area contributed by atoms with Crippen LogP contribution in [0, 0.1) is 0 Å². The van der Waals surface area contributed by atoms with Crippen LogP contribution in [-0.2, 0) is 22.6 Å². The van der Waals surface area contributed by atoms with Gasteiger partial charge in [0, 0.05) is 29.9 Å². The zero-order valence-corrected chi connectivity index (χ0v) is 17.4. The Morgan fingerprint density at radius 2 is 1.74 bits per heavy atom. The second-order valence-electron chi connectivity index (χ2n) is 7.60. The molecule has 0 aliphatic carbocycles. The number of hydrogen-bond acceptors (Lipinski definition) is 3. The van der Waals surface area contributed by atoms with Gasteiger partial charge in [0.25, 0.3) is 0 Å². The predicted octanol–water partition coefficient (Wildman–Crippen LogP) is 4.53. The number of ether oxygens (including phenoxy) is 1. The summed E-state index contributed by atoms with van der Waals surface area (Å²) in [6.45, 7) is 0.182. The number of benzene rings is 2. The Bertz CT molecular complexity index is 917. The molecule has 1 aliphatic rings. The summed E-state index contributed by atoms with van der Waals surface area (Å²) in [5, 5.41) is 6.42. The van der Waals surface area contributed by atoms with Gasteiger partial charge in [-0.2, -0.15) is 0 Å². The Labute approximate surface area is 182 Å². The van der Waals surface area contributed by atoms with Gasteiger partial charge in [-0.05, 0) is 54.7 Å². The Kier molecular flexibility index (Phi) is 7.10. The van der Waals surface area contributed by atoms with E-state index in [-0.39, 0.29) is 30.5 Å². The van der Waals surface area contributed by atoms with Crippen LogP contribution in [0.5, 0.6) is 5.75 Å². The van der Waals surface area contributed by atoms with E-state index < -0.39 is 11.9 Å². The van der Waals surface area contributed by atoms with Crippen molar-refractivity contribution in [3.63, 3.8) is 0 Å². The maximum Gasteiger partial charge on any atom is 0.573 e. The maximum absolute atomic E-state index is 12.3. The van der Waals surface area contributed by atoms with E-state index in [0.29, 0.717) is 36.3 Å². The van der Waals surface area contributed by atoms with E-state index in [1.165, 1.54) is 24.3 Å². The number of halogens is 4. The van der Waals surface area contributed by atoms with Gasteiger partial charge in [-0.15, -0.1) is 13.2 Å². The lowest BCUT2D eigenvalue weighted by Gasteiger charge is -2.29. The van der Waals surface area contributed by atoms with Gasteiger partial charge < -0.3 is 15.4 Å². The number of rotatable bonds is 8. The summed E-state index contributed by atoms with van der Waals surface area (Å²) < 4.78 is 40.4. The quantitative estimate of drug-likeness (QED) is 0.616. The molecule has 2 aromatic rings. The third-order valence-electron chi connectivity index (χ3n) is 5.17. The first-order valence-electron chi connectivity index (χ1n) is 9.79. The van der Waals surface area contributed by atoms with E-state index in [1.807, 2.05) is 12.1 Å². The Morgan fingerprint density at radius 3 is 2.32 bits per heavy atom. The minimum absolute atomic E-state index is 0.0319. The summed E-state index contributed by atoms with van der Waals surface area (Å²) >= 11 is 5.93. The second kappa shape index (κ2) is 9.60. The first kappa shape index (κ1) is 22.9. The van der Waals surface area contributed by atoms with Crippen molar-refractivity contribution in [3.05, 3.63) is 64.7 Å². The fourth-order valence-corrected chi connectivity index (χ4v) is 3.75. The number of amides is 2. The fourth-order valence-electron chi connectivity index (χ4n) is 3.63. The zero-order chi connectivity index (χ0) is 22.5. The molecule has 2 amide bonds. The number of carbonyl (C=O) groups excluding carboxylic acids is 2. The second-order valence-corrected chi connectivity index (χ2v) is 8.04. The van der Waals surface area contributed by atoms with Crippen LogP contribution in [0.15, 0.2) is 48.5 Å². The molecule has 9 heteroatoms. The van der Waals surface area contributed by atoms with E-state index in [2.05, 4.69) is 15.4 Å². The molecule has 2 N–H and O–H groups in total. The van der Waals surface area contributed by atoms with Gasteiger partial charge >= 0.3 is 6.36 Å². The van der Waals surface area contributed by atoms with E-state index in [0.717, 1.165) is 5.56 Å². The molecule has 3 rings (SSSR count). The fraction of sp³-hybridized carbons (Fsp3) is 0.364. The van der Waals surface area contributed by atoms with Crippen molar-refractivity contribution >= 4 is 23.4 Å². The number of hydrogen-bond donors (Lipinski definition) is 2. The Balaban J connectivity index is 1.51. The van der Waals surface area contributed by atoms with Crippen molar-refractivity contribution in [1.29, 1.82) is 0 Å². The molecule has 1 unspecified atom stereocenters. The molecule has 31 heavy (non-hydrogen) atoms. The minimum atomic E-state index is -4.74. The molecule has 5 nitrogen and oxygen atoms in total. The zero-order valence-electron chi connectivity index (χ0n) is 16.6. The van der Waals surface area contributed by atoms with Crippen LogP contribution >= 0.6 is 11.6 Å². The van der Waals surface area contributed by atoms with Gasteiger partial charge in [0.05, 0.1) is 0 Å². The molecule has 0 aromatic heterocycles. The van der Waals surface area contributed by atoms with Gasteiger partial charge in [-0.1, -0.05) is 35.9 Å². The lowest BCUT2D eigenvalue weighted by Crippen LogP contribution is -2.44. The highest BCUT2D eigenvalue weighted by molar-refractivity contribution is 6.30. The summed E-state index contributed by atoms with van der Waals surface area (Å²) in [6.07, 6.45) is -2.39. The third-order valence-corrected chi connectivity index (χ3v) is 5.42. The molecule has 1 fully saturated rings. The van der Waals surface area contributed by atoms with Crippen LogP contribution in [0.4, 0.5) is 13.2 Å². The largest absolute Gasteiger partial charge is 0.573 e. The molecule has 1 saturated heterocycles. The highest BCUT2D eigenvalue weighted by Gasteiger charge is 2.37. The van der Waals surface area contributed by atoms with Crippen LogP contribution in [0.25, 0.3) is 0 Å². The maximum atomic E-state index is 12.3.